The molecule has 1 aliphatic rings. The van der Waals surface area contributed by atoms with Crippen LogP contribution in [-0.4, -0.2) is 24.0 Å². The van der Waals surface area contributed by atoms with Crippen LogP contribution in [0.1, 0.15) is 33.1 Å². The van der Waals surface area contributed by atoms with Gasteiger partial charge >= 0.3 is 0 Å². The number of hydrogen-bond acceptors (Lipinski definition) is 1. The lowest BCUT2D eigenvalue weighted by Gasteiger charge is -2.19. The quantitative estimate of drug-likeness (QED) is 0.547. The van der Waals surface area contributed by atoms with Crippen LogP contribution in [0.5, 0.6) is 0 Å². The van der Waals surface area contributed by atoms with Gasteiger partial charge in [-0.1, -0.05) is 6.92 Å². The van der Waals surface area contributed by atoms with E-state index in [0.717, 1.165) is 6.04 Å². The molecule has 54 valence electrons. The topological polar surface area (TPSA) is 3.24 Å². The lowest BCUT2D eigenvalue weighted by Crippen LogP contribution is -2.27. The number of likely N-dealkylation sites (tertiary alicyclic amines) is 1. The third-order valence-corrected chi connectivity index (χ3v) is 2.20. The van der Waals surface area contributed by atoms with E-state index in [4.69, 9.17) is 0 Å². The Morgan fingerprint density at radius 2 is 2.33 bits per heavy atom. The molecule has 1 rings (SSSR count). The number of nitrogens with zero attached hydrogens (tertiary/aromatic N) is 1. The van der Waals surface area contributed by atoms with Crippen molar-refractivity contribution in [2.24, 2.45) is 0 Å². The minimum absolute atomic E-state index is 0.866. The molecule has 1 heterocycles. The minimum atomic E-state index is 0.866. The van der Waals surface area contributed by atoms with E-state index in [1.165, 1.54) is 32.4 Å². The predicted octanol–water partition coefficient (Wildman–Crippen LogP) is 1.88. The summed E-state index contributed by atoms with van der Waals surface area (Å²) in [5, 5.41) is 0. The molecule has 1 atom stereocenters. The fourth-order valence-electron chi connectivity index (χ4n) is 1.61. The van der Waals surface area contributed by atoms with Crippen LogP contribution in [0.3, 0.4) is 0 Å². The summed E-state index contributed by atoms with van der Waals surface area (Å²) in [6.07, 6.45) is 4.14. The minimum Gasteiger partial charge on any atom is -0.301 e. The Hall–Kier alpha value is -0.0400. The summed E-state index contributed by atoms with van der Waals surface area (Å²) in [7, 11) is 0. The normalized spacial score (nSPS) is 29.3. The summed E-state index contributed by atoms with van der Waals surface area (Å²) >= 11 is 0. The van der Waals surface area contributed by atoms with Gasteiger partial charge < -0.3 is 4.90 Å². The van der Waals surface area contributed by atoms with Crippen molar-refractivity contribution in [2.45, 2.75) is 39.2 Å². The van der Waals surface area contributed by atoms with Crippen LogP contribution in [-0.2, 0) is 0 Å². The van der Waals surface area contributed by atoms with Crippen molar-refractivity contribution in [2.75, 3.05) is 13.1 Å². The van der Waals surface area contributed by atoms with E-state index in [-0.39, 0.29) is 0 Å². The van der Waals surface area contributed by atoms with E-state index >= 15 is 0 Å². The maximum absolute atomic E-state index is 2.58. The van der Waals surface area contributed by atoms with Crippen LogP contribution < -0.4 is 0 Å². The first-order valence-electron chi connectivity index (χ1n) is 4.08. The number of hydrogen-bond donors (Lipinski definition) is 0. The molecular formula is C8H17N. The van der Waals surface area contributed by atoms with E-state index in [0.29, 0.717) is 0 Å². The van der Waals surface area contributed by atoms with Crippen LogP contribution in [0.2, 0.25) is 0 Å². The zero-order valence-electron chi connectivity index (χ0n) is 6.56. The van der Waals surface area contributed by atoms with Crippen molar-refractivity contribution in [3.8, 4) is 0 Å². The summed E-state index contributed by atoms with van der Waals surface area (Å²) in [5.41, 5.74) is 0. The molecule has 1 saturated heterocycles. The Bertz CT molecular complexity index is 80.6. The van der Waals surface area contributed by atoms with Crippen molar-refractivity contribution in [3.63, 3.8) is 0 Å². The summed E-state index contributed by atoms with van der Waals surface area (Å²) in [6.45, 7) is 7.24. The highest BCUT2D eigenvalue weighted by Crippen LogP contribution is 2.15. The number of rotatable bonds is 2. The maximum Gasteiger partial charge on any atom is 0.00673 e. The standard InChI is InChI=1S/C8H17N/c1-3-6-9-7-4-5-8(9)2/h8H,3-7H2,1-2H3. The summed E-state index contributed by atoms with van der Waals surface area (Å²) in [5.74, 6) is 0. The van der Waals surface area contributed by atoms with E-state index in [2.05, 4.69) is 18.7 Å². The molecule has 0 amide bonds. The molecule has 0 N–H and O–H groups in total. The molecule has 1 unspecified atom stereocenters. The molecular weight excluding hydrogens is 110 g/mol. The third-order valence-electron chi connectivity index (χ3n) is 2.20. The highest BCUT2D eigenvalue weighted by molar-refractivity contribution is 4.73. The second-order valence-corrected chi connectivity index (χ2v) is 3.03. The van der Waals surface area contributed by atoms with Gasteiger partial charge in [0.15, 0.2) is 0 Å². The average molecular weight is 127 g/mol. The van der Waals surface area contributed by atoms with E-state index in [1.807, 2.05) is 0 Å². The first kappa shape index (κ1) is 7.07. The molecule has 0 spiro atoms. The molecule has 0 saturated carbocycles. The molecule has 0 aromatic rings. The smallest absolute Gasteiger partial charge is 0.00673 e. The van der Waals surface area contributed by atoms with Gasteiger partial charge in [0.2, 0.25) is 0 Å². The summed E-state index contributed by atoms with van der Waals surface area (Å²) in [4.78, 5) is 2.58. The van der Waals surface area contributed by atoms with Crippen LogP contribution in [0, 0.1) is 0 Å². The SMILES string of the molecule is CCCN1CCCC1C. The van der Waals surface area contributed by atoms with Crippen LogP contribution in [0.4, 0.5) is 0 Å². The lowest BCUT2D eigenvalue weighted by atomic mass is 10.2. The zero-order valence-corrected chi connectivity index (χ0v) is 6.56. The largest absolute Gasteiger partial charge is 0.301 e. The van der Waals surface area contributed by atoms with Gasteiger partial charge in [0.05, 0.1) is 0 Å². The predicted molar refractivity (Wildman–Crippen MR) is 40.6 cm³/mol. The summed E-state index contributed by atoms with van der Waals surface area (Å²) in [6, 6.07) is 0.866. The van der Waals surface area contributed by atoms with Gasteiger partial charge in [-0.15, -0.1) is 0 Å². The van der Waals surface area contributed by atoms with Crippen LogP contribution >= 0.6 is 0 Å². The fourth-order valence-corrected chi connectivity index (χ4v) is 1.61. The molecule has 1 nitrogen and oxygen atoms in total. The second-order valence-electron chi connectivity index (χ2n) is 3.03. The van der Waals surface area contributed by atoms with Crippen molar-refractivity contribution in [3.05, 3.63) is 0 Å². The molecule has 0 aliphatic carbocycles. The first-order chi connectivity index (χ1) is 4.34. The highest BCUT2D eigenvalue weighted by Gasteiger charge is 2.17. The molecule has 1 fully saturated rings. The fraction of sp³-hybridized carbons (Fsp3) is 1.00. The Balaban J connectivity index is 2.22. The molecule has 0 aromatic carbocycles. The van der Waals surface area contributed by atoms with Crippen LogP contribution in [0.25, 0.3) is 0 Å². The maximum atomic E-state index is 2.58. The van der Waals surface area contributed by atoms with Gasteiger partial charge in [0.25, 0.3) is 0 Å². The monoisotopic (exact) mass is 127 g/mol. The van der Waals surface area contributed by atoms with E-state index in [9.17, 15) is 0 Å². The van der Waals surface area contributed by atoms with Gasteiger partial charge in [-0.25, -0.2) is 0 Å². The zero-order chi connectivity index (χ0) is 6.69. The molecule has 0 radical (unpaired) electrons. The van der Waals surface area contributed by atoms with E-state index in [1.54, 1.807) is 0 Å². The molecule has 0 bridgehead atoms. The molecule has 1 aliphatic heterocycles. The molecule has 0 aromatic heterocycles. The Labute approximate surface area is 58.0 Å². The molecule has 1 heteroatoms. The van der Waals surface area contributed by atoms with E-state index < -0.39 is 0 Å². The van der Waals surface area contributed by atoms with Crippen molar-refractivity contribution in [1.82, 2.24) is 4.90 Å². The Morgan fingerprint density at radius 1 is 1.56 bits per heavy atom. The van der Waals surface area contributed by atoms with Crippen molar-refractivity contribution in [1.29, 1.82) is 0 Å². The van der Waals surface area contributed by atoms with Gasteiger partial charge in [-0.05, 0) is 39.3 Å². The van der Waals surface area contributed by atoms with Crippen LogP contribution in [0.15, 0.2) is 0 Å². The van der Waals surface area contributed by atoms with Gasteiger partial charge in [-0.3, -0.25) is 0 Å². The van der Waals surface area contributed by atoms with Gasteiger partial charge in [0, 0.05) is 6.04 Å². The van der Waals surface area contributed by atoms with Gasteiger partial charge in [-0.2, -0.15) is 0 Å². The van der Waals surface area contributed by atoms with Gasteiger partial charge in [0.1, 0.15) is 0 Å². The third kappa shape index (κ3) is 1.68. The van der Waals surface area contributed by atoms with Crippen molar-refractivity contribution < 1.29 is 0 Å². The lowest BCUT2D eigenvalue weighted by molar-refractivity contribution is 0.269. The Morgan fingerprint density at radius 3 is 2.78 bits per heavy atom. The molecule has 9 heavy (non-hydrogen) atoms. The highest BCUT2D eigenvalue weighted by atomic mass is 15.2. The van der Waals surface area contributed by atoms with Crippen molar-refractivity contribution >= 4 is 0 Å². The Kier molecular flexibility index (Phi) is 2.52. The first-order valence-corrected chi connectivity index (χ1v) is 4.08. The summed E-state index contributed by atoms with van der Waals surface area (Å²) < 4.78 is 0. The average Bonchev–Trinajstić information content (AvgIpc) is 2.18. The second kappa shape index (κ2) is 3.21.